The van der Waals surface area contributed by atoms with Crippen molar-refractivity contribution in [2.75, 3.05) is 19.5 Å². The second-order valence-electron chi connectivity index (χ2n) is 7.35. The van der Waals surface area contributed by atoms with Crippen LogP contribution in [0, 0.1) is 5.82 Å². The maximum atomic E-state index is 13.5. The number of nitrogens with one attached hydrogen (secondary N) is 1. The number of aromatic nitrogens is 2. The minimum atomic E-state index is -0.514. The topological polar surface area (TPSA) is 99.5 Å². The van der Waals surface area contributed by atoms with Gasteiger partial charge in [0, 0.05) is 35.9 Å². The lowest BCUT2D eigenvalue weighted by Crippen LogP contribution is -2.24. The molecule has 0 saturated carbocycles. The van der Waals surface area contributed by atoms with Gasteiger partial charge in [0.05, 0.1) is 30.7 Å². The number of anilines is 1. The van der Waals surface area contributed by atoms with Crippen LogP contribution in [0.25, 0.3) is 10.9 Å². The molecular weight excluding hydrogens is 441 g/mol. The van der Waals surface area contributed by atoms with Crippen LogP contribution in [0.1, 0.15) is 15.9 Å². The van der Waals surface area contributed by atoms with Gasteiger partial charge in [0.25, 0.3) is 0 Å². The quantitative estimate of drug-likeness (QED) is 0.424. The number of benzene rings is 2. The van der Waals surface area contributed by atoms with Gasteiger partial charge in [-0.3, -0.25) is 19.4 Å². The highest BCUT2D eigenvalue weighted by Gasteiger charge is 2.20. The fraction of sp³-hybridized carbons (Fsp3) is 0.120. The van der Waals surface area contributed by atoms with Crippen molar-refractivity contribution in [3.8, 4) is 11.5 Å². The largest absolute Gasteiger partial charge is 0.493 e. The molecule has 1 amide bonds. The number of pyridine rings is 2. The fourth-order valence-corrected chi connectivity index (χ4v) is 3.59. The Hall–Kier alpha value is -4.53. The first-order chi connectivity index (χ1) is 16.4. The zero-order valence-corrected chi connectivity index (χ0v) is 18.4. The number of carbonyl (C=O) groups is 2. The van der Waals surface area contributed by atoms with E-state index in [0.717, 1.165) is 0 Å². The predicted molar refractivity (Wildman–Crippen MR) is 124 cm³/mol. The van der Waals surface area contributed by atoms with Gasteiger partial charge in [-0.15, -0.1) is 0 Å². The molecule has 0 spiro atoms. The van der Waals surface area contributed by atoms with E-state index in [1.54, 1.807) is 12.1 Å². The third-order valence-corrected chi connectivity index (χ3v) is 5.19. The van der Waals surface area contributed by atoms with E-state index in [2.05, 4.69) is 10.3 Å². The van der Waals surface area contributed by atoms with Crippen LogP contribution in [0.4, 0.5) is 10.1 Å². The summed E-state index contributed by atoms with van der Waals surface area (Å²) in [5.74, 6) is -0.831. The molecule has 0 aliphatic rings. The molecule has 2 aromatic carbocycles. The average molecular weight is 461 g/mol. The molecule has 1 N–H and O–H groups in total. The Kier molecular flexibility index (Phi) is 6.35. The molecule has 9 heteroatoms. The summed E-state index contributed by atoms with van der Waals surface area (Å²) in [6.45, 7) is -0.251. The molecule has 0 unspecified atom stereocenters. The van der Waals surface area contributed by atoms with E-state index < -0.39 is 22.9 Å². The van der Waals surface area contributed by atoms with Gasteiger partial charge in [-0.1, -0.05) is 6.07 Å². The predicted octanol–water partition coefficient (Wildman–Crippen LogP) is 3.42. The molecule has 8 nitrogen and oxygen atoms in total. The molecule has 0 bridgehead atoms. The van der Waals surface area contributed by atoms with Crippen molar-refractivity contribution in [3.63, 3.8) is 0 Å². The van der Waals surface area contributed by atoms with Crippen LogP contribution in [0.5, 0.6) is 11.5 Å². The zero-order chi connectivity index (χ0) is 24.2. The number of halogens is 1. The van der Waals surface area contributed by atoms with Crippen LogP contribution >= 0.6 is 0 Å². The summed E-state index contributed by atoms with van der Waals surface area (Å²) in [5, 5.41) is 2.79. The summed E-state index contributed by atoms with van der Waals surface area (Å²) in [6, 6.07) is 11.5. The van der Waals surface area contributed by atoms with Crippen LogP contribution in [-0.2, 0) is 11.3 Å². The number of fused-ring (bicyclic) bond motifs is 1. The normalized spacial score (nSPS) is 10.7. The highest BCUT2D eigenvalue weighted by Crippen LogP contribution is 2.31. The Bertz CT molecular complexity index is 1450. The smallest absolute Gasteiger partial charge is 0.244 e. The number of nitrogens with zero attached hydrogens (tertiary/aromatic N) is 2. The Morgan fingerprint density at radius 3 is 2.41 bits per heavy atom. The van der Waals surface area contributed by atoms with Crippen LogP contribution in [0.3, 0.4) is 0 Å². The molecule has 0 saturated heterocycles. The average Bonchev–Trinajstić information content (AvgIpc) is 2.85. The SMILES string of the molecule is COc1cc2c(=O)c(C(=O)c3ccncc3)cn(CC(=O)Nc3cccc(F)c3)c2cc1OC. The van der Waals surface area contributed by atoms with Gasteiger partial charge < -0.3 is 19.4 Å². The summed E-state index contributed by atoms with van der Waals surface area (Å²) >= 11 is 0. The third-order valence-electron chi connectivity index (χ3n) is 5.19. The van der Waals surface area contributed by atoms with Gasteiger partial charge in [-0.25, -0.2) is 4.39 Å². The molecule has 0 aliphatic carbocycles. The van der Waals surface area contributed by atoms with Gasteiger partial charge in [0.1, 0.15) is 12.4 Å². The van der Waals surface area contributed by atoms with Crippen LogP contribution in [0.2, 0.25) is 0 Å². The van der Waals surface area contributed by atoms with Crippen molar-refractivity contribution >= 4 is 28.3 Å². The van der Waals surface area contributed by atoms with Crippen LogP contribution < -0.4 is 20.2 Å². The lowest BCUT2D eigenvalue weighted by molar-refractivity contribution is -0.116. The lowest BCUT2D eigenvalue weighted by Gasteiger charge is -2.16. The fourth-order valence-electron chi connectivity index (χ4n) is 3.59. The molecule has 0 radical (unpaired) electrons. The molecule has 4 aromatic rings. The summed E-state index contributed by atoms with van der Waals surface area (Å²) in [6.07, 6.45) is 4.24. The zero-order valence-electron chi connectivity index (χ0n) is 18.4. The number of ketones is 1. The molecule has 2 aromatic heterocycles. The van der Waals surface area contributed by atoms with Crippen molar-refractivity contribution in [1.82, 2.24) is 9.55 Å². The maximum absolute atomic E-state index is 13.5. The van der Waals surface area contributed by atoms with E-state index in [1.165, 1.54) is 73.8 Å². The molecule has 0 atom stereocenters. The second kappa shape index (κ2) is 9.53. The Morgan fingerprint density at radius 1 is 1.03 bits per heavy atom. The van der Waals surface area contributed by atoms with E-state index >= 15 is 0 Å². The van der Waals surface area contributed by atoms with Gasteiger partial charge >= 0.3 is 0 Å². The third kappa shape index (κ3) is 4.49. The first-order valence-corrected chi connectivity index (χ1v) is 10.2. The van der Waals surface area contributed by atoms with E-state index in [0.29, 0.717) is 17.0 Å². The minimum absolute atomic E-state index is 0.121. The van der Waals surface area contributed by atoms with E-state index in [-0.39, 0.29) is 28.7 Å². The van der Waals surface area contributed by atoms with Crippen molar-refractivity contribution in [3.05, 3.63) is 94.3 Å². The minimum Gasteiger partial charge on any atom is -0.493 e. The molecule has 0 aliphatic heterocycles. The number of amides is 1. The Labute approximate surface area is 193 Å². The molecule has 2 heterocycles. The molecule has 4 rings (SSSR count). The van der Waals surface area contributed by atoms with Crippen molar-refractivity contribution in [2.45, 2.75) is 6.54 Å². The number of methoxy groups -OCH3 is 2. The Balaban J connectivity index is 1.84. The van der Waals surface area contributed by atoms with Crippen molar-refractivity contribution in [2.24, 2.45) is 0 Å². The summed E-state index contributed by atoms with van der Waals surface area (Å²) in [5.41, 5.74) is 0.290. The highest BCUT2D eigenvalue weighted by molar-refractivity contribution is 6.10. The van der Waals surface area contributed by atoms with Crippen molar-refractivity contribution < 1.29 is 23.5 Å². The summed E-state index contributed by atoms with van der Waals surface area (Å²) in [7, 11) is 2.88. The van der Waals surface area contributed by atoms with Gasteiger partial charge in [0.15, 0.2) is 17.3 Å². The van der Waals surface area contributed by atoms with Crippen molar-refractivity contribution in [1.29, 1.82) is 0 Å². The highest BCUT2D eigenvalue weighted by atomic mass is 19.1. The summed E-state index contributed by atoms with van der Waals surface area (Å²) in [4.78, 5) is 43.1. The maximum Gasteiger partial charge on any atom is 0.244 e. The number of rotatable bonds is 7. The number of carbonyl (C=O) groups excluding carboxylic acids is 2. The van der Waals surface area contributed by atoms with E-state index in [4.69, 9.17) is 9.47 Å². The van der Waals surface area contributed by atoms with Gasteiger partial charge in [-0.2, -0.15) is 0 Å². The van der Waals surface area contributed by atoms with E-state index in [9.17, 15) is 18.8 Å². The number of hydrogen-bond donors (Lipinski definition) is 1. The van der Waals surface area contributed by atoms with Crippen LogP contribution in [0.15, 0.2) is 71.9 Å². The second-order valence-corrected chi connectivity index (χ2v) is 7.35. The standard InChI is InChI=1S/C25H20FN3O5/c1-33-21-11-18-20(12-22(21)34-2)29(14-23(30)28-17-5-3-4-16(26)10-17)13-19(25(18)32)24(31)15-6-8-27-9-7-15/h3-13H,14H2,1-2H3,(H,28,30). The number of hydrogen-bond acceptors (Lipinski definition) is 6. The molecule has 0 fully saturated rings. The molecular formula is C25H20FN3O5. The first-order valence-electron chi connectivity index (χ1n) is 10.2. The molecule has 172 valence electrons. The van der Waals surface area contributed by atoms with Gasteiger partial charge in [0.2, 0.25) is 11.3 Å². The monoisotopic (exact) mass is 461 g/mol. The van der Waals surface area contributed by atoms with E-state index in [1.807, 2.05) is 0 Å². The van der Waals surface area contributed by atoms with Crippen LogP contribution in [-0.4, -0.2) is 35.5 Å². The lowest BCUT2D eigenvalue weighted by atomic mass is 10.0. The molecule has 34 heavy (non-hydrogen) atoms. The number of ether oxygens (including phenoxy) is 2. The van der Waals surface area contributed by atoms with Gasteiger partial charge in [-0.05, 0) is 36.4 Å². The first kappa shape index (κ1) is 22.7. The summed E-state index contributed by atoms with van der Waals surface area (Å²) < 4.78 is 25.6. The Morgan fingerprint density at radius 2 is 1.74 bits per heavy atom.